The third-order valence-corrected chi connectivity index (χ3v) is 4.97. The summed E-state index contributed by atoms with van der Waals surface area (Å²) in [6.45, 7) is 10.6. The Labute approximate surface area is 119 Å². The van der Waals surface area contributed by atoms with Crippen molar-refractivity contribution in [3.8, 4) is 11.3 Å². The molecule has 0 bridgehead atoms. The Hall–Kier alpha value is -1.19. The predicted octanol–water partition coefficient (Wildman–Crippen LogP) is 4.32. The first-order chi connectivity index (χ1) is 8.85. The zero-order valence-corrected chi connectivity index (χ0v) is 13.2. The Morgan fingerprint density at radius 1 is 1.16 bits per heavy atom. The first kappa shape index (κ1) is 14.2. The van der Waals surface area contributed by atoms with Crippen molar-refractivity contribution in [3.05, 3.63) is 39.2 Å². The number of benzene rings is 1. The summed E-state index contributed by atoms with van der Waals surface area (Å²) in [6.07, 6.45) is 0.895. The summed E-state index contributed by atoms with van der Waals surface area (Å²) in [5, 5.41) is 3.13. The second kappa shape index (κ2) is 5.06. The Morgan fingerprint density at radius 3 is 2.42 bits per heavy atom. The number of nitrogens with zero attached hydrogens (tertiary/aromatic N) is 1. The fraction of sp³-hybridized carbons (Fsp3) is 0.438. The van der Waals surface area contributed by atoms with Crippen LogP contribution in [0.4, 0.5) is 0 Å². The molecule has 3 heteroatoms. The van der Waals surface area contributed by atoms with Crippen LogP contribution >= 0.6 is 11.3 Å². The monoisotopic (exact) mass is 274 g/mol. The van der Waals surface area contributed by atoms with Crippen molar-refractivity contribution in [3.63, 3.8) is 0 Å². The molecule has 2 aromatic rings. The van der Waals surface area contributed by atoms with E-state index >= 15 is 0 Å². The van der Waals surface area contributed by atoms with Gasteiger partial charge in [-0.3, -0.25) is 0 Å². The molecular formula is C16H22N2S. The normalized spacial score (nSPS) is 14.4. The van der Waals surface area contributed by atoms with Gasteiger partial charge in [0.2, 0.25) is 0 Å². The molecule has 0 saturated carbocycles. The molecule has 0 fully saturated rings. The highest BCUT2D eigenvalue weighted by Crippen LogP contribution is 2.31. The Balaban J connectivity index is 2.47. The van der Waals surface area contributed by atoms with Crippen LogP contribution in [-0.2, 0) is 5.54 Å². The van der Waals surface area contributed by atoms with Gasteiger partial charge in [-0.2, -0.15) is 0 Å². The van der Waals surface area contributed by atoms with E-state index in [0.717, 1.165) is 17.1 Å². The molecule has 2 nitrogen and oxygen atoms in total. The summed E-state index contributed by atoms with van der Waals surface area (Å²) in [5.41, 5.74) is 12.1. The lowest BCUT2D eigenvalue weighted by Crippen LogP contribution is -2.31. The van der Waals surface area contributed by atoms with Crippen molar-refractivity contribution in [2.24, 2.45) is 5.73 Å². The highest BCUT2D eigenvalue weighted by atomic mass is 32.1. The van der Waals surface area contributed by atoms with Crippen molar-refractivity contribution in [1.82, 2.24) is 4.98 Å². The van der Waals surface area contributed by atoms with Gasteiger partial charge < -0.3 is 5.73 Å². The summed E-state index contributed by atoms with van der Waals surface area (Å²) in [7, 11) is 0. The highest BCUT2D eigenvalue weighted by Gasteiger charge is 2.23. The van der Waals surface area contributed by atoms with Gasteiger partial charge >= 0.3 is 0 Å². The second-order valence-electron chi connectivity index (χ2n) is 5.56. The zero-order valence-electron chi connectivity index (χ0n) is 12.4. The van der Waals surface area contributed by atoms with Gasteiger partial charge in [-0.1, -0.05) is 13.0 Å². The van der Waals surface area contributed by atoms with Crippen molar-refractivity contribution < 1.29 is 0 Å². The number of rotatable bonds is 3. The molecule has 2 N–H and O–H groups in total. The van der Waals surface area contributed by atoms with Gasteiger partial charge in [-0.15, -0.1) is 11.3 Å². The average Bonchev–Trinajstić information content (AvgIpc) is 2.84. The molecule has 0 aliphatic carbocycles. The van der Waals surface area contributed by atoms with Gasteiger partial charge in [0.1, 0.15) is 5.01 Å². The average molecular weight is 274 g/mol. The molecule has 0 saturated heterocycles. The third kappa shape index (κ3) is 2.72. The minimum atomic E-state index is -0.323. The molecule has 102 valence electrons. The summed E-state index contributed by atoms with van der Waals surface area (Å²) in [4.78, 5) is 4.75. The van der Waals surface area contributed by atoms with Crippen LogP contribution in [0.25, 0.3) is 11.3 Å². The van der Waals surface area contributed by atoms with Crippen LogP contribution in [0.1, 0.15) is 42.0 Å². The van der Waals surface area contributed by atoms with E-state index in [0.29, 0.717) is 0 Å². The maximum atomic E-state index is 6.27. The van der Waals surface area contributed by atoms with Crippen LogP contribution in [0.15, 0.2) is 17.5 Å². The maximum Gasteiger partial charge on any atom is 0.113 e. The molecule has 1 aromatic carbocycles. The molecule has 1 unspecified atom stereocenters. The van der Waals surface area contributed by atoms with E-state index in [4.69, 9.17) is 10.7 Å². The molecule has 0 spiro atoms. The first-order valence-electron chi connectivity index (χ1n) is 6.68. The first-order valence-corrected chi connectivity index (χ1v) is 7.56. The Morgan fingerprint density at radius 2 is 1.79 bits per heavy atom. The summed E-state index contributed by atoms with van der Waals surface area (Å²) >= 11 is 1.66. The van der Waals surface area contributed by atoms with Crippen LogP contribution in [-0.4, -0.2) is 4.98 Å². The minimum absolute atomic E-state index is 0.323. The largest absolute Gasteiger partial charge is 0.320 e. The lowest BCUT2D eigenvalue weighted by Gasteiger charge is -2.19. The van der Waals surface area contributed by atoms with Crippen LogP contribution in [0, 0.1) is 20.8 Å². The van der Waals surface area contributed by atoms with Crippen molar-refractivity contribution in [2.75, 3.05) is 0 Å². The molecular weight excluding hydrogens is 252 g/mol. The molecule has 0 aliphatic rings. The van der Waals surface area contributed by atoms with E-state index in [9.17, 15) is 0 Å². The van der Waals surface area contributed by atoms with E-state index in [-0.39, 0.29) is 5.54 Å². The Bertz CT molecular complexity index is 597. The number of hydrogen-bond donors (Lipinski definition) is 1. The van der Waals surface area contributed by atoms with Crippen molar-refractivity contribution in [1.29, 1.82) is 0 Å². The van der Waals surface area contributed by atoms with Gasteiger partial charge in [0.05, 0.1) is 11.2 Å². The molecule has 1 atom stereocenters. The molecule has 2 rings (SSSR count). The number of hydrogen-bond acceptors (Lipinski definition) is 3. The maximum absolute atomic E-state index is 6.27. The topological polar surface area (TPSA) is 38.9 Å². The minimum Gasteiger partial charge on any atom is -0.320 e. The van der Waals surface area contributed by atoms with Crippen LogP contribution in [0.5, 0.6) is 0 Å². The van der Waals surface area contributed by atoms with E-state index in [1.54, 1.807) is 11.3 Å². The highest BCUT2D eigenvalue weighted by molar-refractivity contribution is 7.10. The van der Waals surface area contributed by atoms with Gasteiger partial charge in [0.15, 0.2) is 0 Å². The molecule has 0 radical (unpaired) electrons. The molecule has 0 aliphatic heterocycles. The lowest BCUT2D eigenvalue weighted by atomic mass is 9.99. The van der Waals surface area contributed by atoms with E-state index < -0.39 is 0 Å². The number of thiazole rings is 1. The Kier molecular flexibility index (Phi) is 3.79. The van der Waals surface area contributed by atoms with Crippen molar-refractivity contribution in [2.45, 2.75) is 46.6 Å². The number of nitrogens with two attached hydrogens (primary N) is 1. The SMILES string of the molecule is CCC(C)(N)c1nc(-c2cc(C)c(C)cc2C)cs1. The molecule has 19 heavy (non-hydrogen) atoms. The predicted molar refractivity (Wildman–Crippen MR) is 83.6 cm³/mol. The van der Waals surface area contributed by atoms with E-state index in [1.165, 1.54) is 22.3 Å². The second-order valence-corrected chi connectivity index (χ2v) is 6.42. The van der Waals surface area contributed by atoms with Crippen LogP contribution in [0.3, 0.4) is 0 Å². The molecule has 0 amide bonds. The summed E-state index contributed by atoms with van der Waals surface area (Å²) < 4.78 is 0. The molecule has 1 heterocycles. The van der Waals surface area contributed by atoms with Gasteiger partial charge in [-0.05, 0) is 56.9 Å². The number of aromatic nitrogens is 1. The summed E-state index contributed by atoms with van der Waals surface area (Å²) in [5.74, 6) is 0. The fourth-order valence-corrected chi connectivity index (χ4v) is 3.02. The number of aryl methyl sites for hydroxylation is 3. The van der Waals surface area contributed by atoms with Crippen molar-refractivity contribution >= 4 is 11.3 Å². The van der Waals surface area contributed by atoms with E-state index in [2.05, 4.69) is 45.2 Å². The fourth-order valence-electron chi connectivity index (χ4n) is 2.05. The quantitative estimate of drug-likeness (QED) is 0.905. The lowest BCUT2D eigenvalue weighted by molar-refractivity contribution is 0.474. The standard InChI is InChI=1S/C16H22N2S/c1-6-16(5,17)15-18-14(9-19-15)13-8-11(3)10(2)7-12(13)4/h7-9H,6,17H2,1-5H3. The van der Waals surface area contributed by atoms with Gasteiger partial charge in [0, 0.05) is 10.9 Å². The van der Waals surface area contributed by atoms with Gasteiger partial charge in [-0.25, -0.2) is 4.98 Å². The van der Waals surface area contributed by atoms with Crippen LogP contribution in [0.2, 0.25) is 0 Å². The smallest absolute Gasteiger partial charge is 0.113 e. The van der Waals surface area contributed by atoms with E-state index in [1.807, 2.05) is 6.92 Å². The molecule has 1 aromatic heterocycles. The van der Waals surface area contributed by atoms with Gasteiger partial charge in [0.25, 0.3) is 0 Å². The van der Waals surface area contributed by atoms with Crippen LogP contribution < -0.4 is 5.73 Å². The zero-order chi connectivity index (χ0) is 14.2. The summed E-state index contributed by atoms with van der Waals surface area (Å²) in [6, 6.07) is 4.45. The third-order valence-electron chi connectivity index (χ3n) is 3.84.